The van der Waals surface area contributed by atoms with Crippen LogP contribution in [0.4, 0.5) is 0 Å². The van der Waals surface area contributed by atoms with Gasteiger partial charge in [-0.1, -0.05) is 83.5 Å². The van der Waals surface area contributed by atoms with Crippen LogP contribution >= 0.6 is 11.6 Å². The van der Waals surface area contributed by atoms with Crippen LogP contribution in [0.5, 0.6) is 0 Å². The van der Waals surface area contributed by atoms with Crippen molar-refractivity contribution in [2.45, 2.75) is 72.6 Å². The fraction of sp³-hybridized carbons (Fsp3) is 0.467. The predicted molar refractivity (Wildman–Crippen MR) is 143 cm³/mol. The van der Waals surface area contributed by atoms with Gasteiger partial charge < -0.3 is 10.0 Å². The van der Waals surface area contributed by atoms with Crippen LogP contribution in [0.3, 0.4) is 0 Å². The number of carboxylic acid groups (broad SMARTS) is 1. The monoisotopic (exact) mass is 495 g/mol. The summed E-state index contributed by atoms with van der Waals surface area (Å²) in [4.78, 5) is 26.6. The second-order valence-corrected chi connectivity index (χ2v) is 11.8. The van der Waals surface area contributed by atoms with Crippen molar-refractivity contribution >= 4 is 23.5 Å². The standard InChI is InChI=1S/C30H38ClNO3/c1-20(2)25-19-32(16-14-21-9-7-8-10-24(21)28(34)35)27(33)18-30(25,6)23-12-11-22(26(31)17-23)13-15-29(3,4)5/h7-12,17,19-20H,13-16,18H2,1-6H3,(H,34,35)/t30-/m0/s1. The number of nitrogens with zero attached hydrogens (tertiary/aromatic N) is 1. The molecule has 5 heteroatoms. The van der Waals surface area contributed by atoms with Crippen LogP contribution in [0.2, 0.25) is 5.02 Å². The maximum atomic E-state index is 13.3. The molecule has 0 spiro atoms. The molecule has 0 bridgehead atoms. The Balaban J connectivity index is 1.87. The Bertz CT molecular complexity index is 1130. The quantitative estimate of drug-likeness (QED) is 0.418. The third-order valence-electron chi connectivity index (χ3n) is 7.08. The normalized spacial score (nSPS) is 18.7. The lowest BCUT2D eigenvalue weighted by molar-refractivity contribution is -0.130. The Morgan fingerprint density at radius 2 is 1.80 bits per heavy atom. The maximum absolute atomic E-state index is 13.3. The molecular formula is C30H38ClNO3. The molecule has 4 nitrogen and oxygen atoms in total. The first-order chi connectivity index (χ1) is 16.3. The summed E-state index contributed by atoms with van der Waals surface area (Å²) in [7, 11) is 0. The number of carboxylic acids is 1. The number of carbonyl (C=O) groups excluding carboxylic acids is 1. The first-order valence-corrected chi connectivity index (χ1v) is 12.8. The number of aromatic carboxylic acids is 1. The number of hydrogen-bond donors (Lipinski definition) is 1. The highest BCUT2D eigenvalue weighted by molar-refractivity contribution is 6.31. The minimum Gasteiger partial charge on any atom is -0.478 e. The van der Waals surface area contributed by atoms with E-state index >= 15 is 0 Å². The van der Waals surface area contributed by atoms with Crippen LogP contribution in [0.15, 0.2) is 54.2 Å². The van der Waals surface area contributed by atoms with E-state index in [-0.39, 0.29) is 22.8 Å². The summed E-state index contributed by atoms with van der Waals surface area (Å²) in [5.41, 5.74) is 4.21. The predicted octanol–water partition coefficient (Wildman–Crippen LogP) is 7.29. The molecule has 35 heavy (non-hydrogen) atoms. The lowest BCUT2D eigenvalue weighted by Gasteiger charge is -2.41. The van der Waals surface area contributed by atoms with Crippen molar-refractivity contribution in [3.8, 4) is 0 Å². The van der Waals surface area contributed by atoms with Gasteiger partial charge in [-0.25, -0.2) is 4.79 Å². The van der Waals surface area contributed by atoms with E-state index in [4.69, 9.17) is 11.6 Å². The van der Waals surface area contributed by atoms with Crippen LogP contribution in [0, 0.1) is 11.3 Å². The highest BCUT2D eigenvalue weighted by atomic mass is 35.5. The fourth-order valence-corrected chi connectivity index (χ4v) is 5.20. The summed E-state index contributed by atoms with van der Waals surface area (Å²) in [6, 6.07) is 13.3. The molecule has 1 aliphatic heterocycles. The van der Waals surface area contributed by atoms with Gasteiger partial charge >= 0.3 is 5.97 Å². The van der Waals surface area contributed by atoms with Gasteiger partial charge in [0, 0.05) is 29.6 Å². The SMILES string of the molecule is CC(C)C1=CN(CCc2ccccc2C(=O)O)C(=O)C[C@@]1(C)c1ccc(CCC(C)(C)C)c(Cl)c1. The van der Waals surface area contributed by atoms with Crippen molar-refractivity contribution < 1.29 is 14.7 Å². The van der Waals surface area contributed by atoms with Crippen molar-refractivity contribution in [3.63, 3.8) is 0 Å². The van der Waals surface area contributed by atoms with Crippen molar-refractivity contribution in [1.82, 2.24) is 4.90 Å². The largest absolute Gasteiger partial charge is 0.478 e. The third-order valence-corrected chi connectivity index (χ3v) is 7.44. The van der Waals surface area contributed by atoms with Gasteiger partial charge in [-0.15, -0.1) is 0 Å². The molecule has 3 rings (SSSR count). The summed E-state index contributed by atoms with van der Waals surface area (Å²) in [6.45, 7) is 13.6. The van der Waals surface area contributed by atoms with E-state index in [1.807, 2.05) is 24.4 Å². The van der Waals surface area contributed by atoms with E-state index in [0.29, 0.717) is 19.4 Å². The van der Waals surface area contributed by atoms with E-state index in [0.717, 1.165) is 34.6 Å². The smallest absolute Gasteiger partial charge is 0.335 e. The van der Waals surface area contributed by atoms with Crippen molar-refractivity contribution in [2.75, 3.05) is 6.54 Å². The zero-order valence-electron chi connectivity index (χ0n) is 21.8. The molecule has 2 aromatic rings. The highest BCUT2D eigenvalue weighted by Crippen LogP contribution is 2.43. The Hall–Kier alpha value is -2.59. The molecule has 0 aromatic heterocycles. The molecule has 1 heterocycles. The minimum atomic E-state index is -0.945. The summed E-state index contributed by atoms with van der Waals surface area (Å²) >= 11 is 6.73. The number of rotatable bonds is 8. The number of halogens is 1. The van der Waals surface area contributed by atoms with E-state index in [2.05, 4.69) is 53.7 Å². The molecule has 188 valence electrons. The Labute approximate surface area is 215 Å². The Morgan fingerprint density at radius 3 is 2.40 bits per heavy atom. The Kier molecular flexibility index (Phi) is 8.16. The fourth-order valence-electron chi connectivity index (χ4n) is 4.92. The number of benzene rings is 2. The van der Waals surface area contributed by atoms with E-state index in [1.165, 1.54) is 5.57 Å². The summed E-state index contributed by atoms with van der Waals surface area (Å²) in [5, 5.41) is 10.2. The summed E-state index contributed by atoms with van der Waals surface area (Å²) in [6.07, 6.45) is 4.81. The van der Waals surface area contributed by atoms with Gasteiger partial charge in [0.15, 0.2) is 0 Å². The molecule has 2 aromatic carbocycles. The third kappa shape index (κ3) is 6.35. The second-order valence-electron chi connectivity index (χ2n) is 11.4. The van der Waals surface area contributed by atoms with Gasteiger partial charge in [0.1, 0.15) is 0 Å². The minimum absolute atomic E-state index is 0.0395. The number of allylic oxidation sites excluding steroid dienone is 1. The van der Waals surface area contributed by atoms with Gasteiger partial charge in [0.25, 0.3) is 0 Å². The molecule has 1 amide bonds. The molecule has 0 saturated carbocycles. The second kappa shape index (κ2) is 10.6. The van der Waals surface area contributed by atoms with Crippen LogP contribution in [0.25, 0.3) is 0 Å². The molecular weight excluding hydrogens is 458 g/mol. The molecule has 0 fully saturated rings. The number of aryl methyl sites for hydroxylation is 1. The maximum Gasteiger partial charge on any atom is 0.335 e. The first kappa shape index (κ1) is 27.0. The average Bonchev–Trinajstić information content (AvgIpc) is 2.77. The van der Waals surface area contributed by atoms with Gasteiger partial charge in [-0.2, -0.15) is 0 Å². The van der Waals surface area contributed by atoms with Crippen molar-refractivity contribution in [3.05, 3.63) is 81.5 Å². The van der Waals surface area contributed by atoms with Crippen LogP contribution in [-0.4, -0.2) is 28.4 Å². The van der Waals surface area contributed by atoms with E-state index < -0.39 is 11.4 Å². The van der Waals surface area contributed by atoms with E-state index in [1.54, 1.807) is 17.0 Å². The zero-order valence-corrected chi connectivity index (χ0v) is 22.6. The average molecular weight is 496 g/mol. The Morgan fingerprint density at radius 1 is 1.11 bits per heavy atom. The van der Waals surface area contributed by atoms with E-state index in [9.17, 15) is 14.7 Å². The first-order valence-electron chi connectivity index (χ1n) is 12.4. The van der Waals surface area contributed by atoms with Crippen LogP contribution in [-0.2, 0) is 23.1 Å². The molecule has 1 atom stereocenters. The topological polar surface area (TPSA) is 57.6 Å². The van der Waals surface area contributed by atoms with Gasteiger partial charge in [0.05, 0.1) is 5.56 Å². The van der Waals surface area contributed by atoms with Gasteiger partial charge in [0.2, 0.25) is 5.91 Å². The molecule has 1 aliphatic rings. The van der Waals surface area contributed by atoms with Crippen molar-refractivity contribution in [2.24, 2.45) is 11.3 Å². The lowest BCUT2D eigenvalue weighted by atomic mass is 9.68. The van der Waals surface area contributed by atoms with Crippen LogP contribution in [0.1, 0.15) is 81.4 Å². The summed E-state index contributed by atoms with van der Waals surface area (Å²) in [5.74, 6) is -0.668. The number of carbonyl (C=O) groups is 2. The number of hydrogen-bond acceptors (Lipinski definition) is 2. The zero-order chi connectivity index (χ0) is 26.0. The highest BCUT2D eigenvalue weighted by Gasteiger charge is 2.40. The van der Waals surface area contributed by atoms with Crippen LogP contribution < -0.4 is 0 Å². The molecule has 0 radical (unpaired) electrons. The lowest BCUT2D eigenvalue weighted by Crippen LogP contribution is -2.43. The summed E-state index contributed by atoms with van der Waals surface area (Å²) < 4.78 is 0. The van der Waals surface area contributed by atoms with Gasteiger partial charge in [-0.3, -0.25) is 4.79 Å². The van der Waals surface area contributed by atoms with Crippen molar-refractivity contribution in [1.29, 1.82) is 0 Å². The number of amides is 1. The molecule has 0 aliphatic carbocycles. The molecule has 0 unspecified atom stereocenters. The molecule has 0 saturated heterocycles. The molecule has 1 N–H and O–H groups in total. The van der Waals surface area contributed by atoms with Gasteiger partial charge in [-0.05, 0) is 65.0 Å².